The number of carbonyl (C=O) groups is 1. The Balaban J connectivity index is 1.50. The van der Waals surface area contributed by atoms with Gasteiger partial charge in [0.15, 0.2) is 0 Å². The molecule has 6 heteroatoms. The second-order valence-corrected chi connectivity index (χ2v) is 7.02. The highest BCUT2D eigenvalue weighted by Crippen LogP contribution is 2.20. The van der Waals surface area contributed by atoms with Crippen molar-refractivity contribution in [1.82, 2.24) is 4.90 Å². The number of carbonyl (C=O) groups excluding carboxylic acids is 1. The van der Waals surface area contributed by atoms with E-state index >= 15 is 0 Å². The fraction of sp³-hybridized carbons (Fsp3) is 0.222. The average molecular weight is 361 g/mol. The Hall–Kier alpha value is -1.92. The molecule has 1 amide bonds. The lowest BCUT2D eigenvalue weighted by molar-refractivity contribution is -0.123. The van der Waals surface area contributed by atoms with Crippen LogP contribution >= 0.6 is 24.0 Å². The Bertz CT molecular complexity index is 716. The van der Waals surface area contributed by atoms with Crippen LogP contribution in [0.5, 0.6) is 5.75 Å². The van der Waals surface area contributed by atoms with Crippen LogP contribution in [0.3, 0.4) is 0 Å². The van der Waals surface area contributed by atoms with Gasteiger partial charge in [0.2, 0.25) is 5.91 Å². The Morgan fingerprint density at radius 1 is 1.08 bits per heavy atom. The molecule has 1 aliphatic rings. The van der Waals surface area contributed by atoms with E-state index in [-0.39, 0.29) is 11.7 Å². The minimum Gasteiger partial charge on any atom is -0.489 e. The van der Waals surface area contributed by atoms with Gasteiger partial charge in [0.1, 0.15) is 22.5 Å². The number of hydrogen-bond donors (Lipinski definition) is 0. The van der Waals surface area contributed by atoms with Crippen molar-refractivity contribution in [3.8, 4) is 5.75 Å². The van der Waals surface area contributed by atoms with Crippen LogP contribution in [0.25, 0.3) is 0 Å². The predicted octanol–water partition coefficient (Wildman–Crippen LogP) is 3.81. The molecule has 0 aliphatic carbocycles. The summed E-state index contributed by atoms with van der Waals surface area (Å²) in [7, 11) is 0. The van der Waals surface area contributed by atoms with Crippen molar-refractivity contribution in [2.45, 2.75) is 13.0 Å². The van der Waals surface area contributed by atoms with E-state index in [2.05, 4.69) is 0 Å². The third-order valence-electron chi connectivity index (χ3n) is 3.71. The standard InChI is InChI=1S/C18H16FNO2S2/c19-15-5-1-14(2-6-15)11-22-16-7-3-13(4-8-16)9-10-20-17(21)12-24-18(20)23/h1-8H,9-12H2. The highest BCUT2D eigenvalue weighted by molar-refractivity contribution is 8.23. The van der Waals surface area contributed by atoms with E-state index in [9.17, 15) is 9.18 Å². The minimum absolute atomic E-state index is 0.0873. The maximum Gasteiger partial charge on any atom is 0.238 e. The average Bonchev–Trinajstić information content (AvgIpc) is 2.92. The van der Waals surface area contributed by atoms with Gasteiger partial charge in [-0.2, -0.15) is 0 Å². The van der Waals surface area contributed by atoms with E-state index in [1.807, 2.05) is 24.3 Å². The Morgan fingerprint density at radius 3 is 2.38 bits per heavy atom. The van der Waals surface area contributed by atoms with E-state index in [1.165, 1.54) is 23.9 Å². The largest absolute Gasteiger partial charge is 0.489 e. The van der Waals surface area contributed by atoms with Gasteiger partial charge >= 0.3 is 0 Å². The molecule has 0 unspecified atom stereocenters. The zero-order valence-electron chi connectivity index (χ0n) is 12.9. The molecule has 0 atom stereocenters. The van der Waals surface area contributed by atoms with Crippen molar-refractivity contribution in [3.05, 3.63) is 65.5 Å². The van der Waals surface area contributed by atoms with Gasteiger partial charge in [0.05, 0.1) is 5.75 Å². The molecule has 3 rings (SSSR count). The monoisotopic (exact) mass is 361 g/mol. The molecule has 0 saturated carbocycles. The Labute approximate surface area is 149 Å². The van der Waals surface area contributed by atoms with Crippen molar-refractivity contribution in [2.75, 3.05) is 12.3 Å². The summed E-state index contributed by atoms with van der Waals surface area (Å²) in [6.07, 6.45) is 0.755. The second kappa shape index (κ2) is 7.77. The number of nitrogens with zero attached hydrogens (tertiary/aromatic N) is 1. The maximum atomic E-state index is 12.9. The first-order valence-corrected chi connectivity index (χ1v) is 8.94. The topological polar surface area (TPSA) is 29.5 Å². The number of rotatable bonds is 6. The SMILES string of the molecule is O=C1CSC(=S)N1CCc1ccc(OCc2ccc(F)cc2)cc1. The number of ether oxygens (including phenoxy) is 1. The van der Waals surface area contributed by atoms with Crippen molar-refractivity contribution in [1.29, 1.82) is 0 Å². The first-order chi connectivity index (χ1) is 11.6. The molecule has 0 bridgehead atoms. The van der Waals surface area contributed by atoms with Crippen LogP contribution in [0, 0.1) is 5.82 Å². The lowest BCUT2D eigenvalue weighted by atomic mass is 10.1. The van der Waals surface area contributed by atoms with Crippen LogP contribution < -0.4 is 4.74 Å². The van der Waals surface area contributed by atoms with E-state index < -0.39 is 0 Å². The molecule has 2 aromatic rings. The van der Waals surface area contributed by atoms with Gasteiger partial charge in [-0.3, -0.25) is 9.69 Å². The summed E-state index contributed by atoms with van der Waals surface area (Å²) in [6, 6.07) is 14.0. The summed E-state index contributed by atoms with van der Waals surface area (Å²) in [5.74, 6) is 1.04. The first kappa shape index (κ1) is 16.9. The van der Waals surface area contributed by atoms with Gasteiger partial charge in [0, 0.05) is 6.54 Å². The van der Waals surface area contributed by atoms with Crippen LogP contribution in [-0.4, -0.2) is 27.4 Å². The van der Waals surface area contributed by atoms with E-state index in [4.69, 9.17) is 17.0 Å². The summed E-state index contributed by atoms with van der Waals surface area (Å²) < 4.78 is 19.2. The smallest absolute Gasteiger partial charge is 0.238 e. The van der Waals surface area contributed by atoms with Crippen LogP contribution in [0.2, 0.25) is 0 Å². The number of hydrogen-bond acceptors (Lipinski definition) is 4. The van der Waals surface area contributed by atoms with Crippen molar-refractivity contribution in [2.24, 2.45) is 0 Å². The molecule has 0 radical (unpaired) electrons. The summed E-state index contributed by atoms with van der Waals surface area (Å²) >= 11 is 6.59. The van der Waals surface area contributed by atoms with Gasteiger partial charge < -0.3 is 4.74 Å². The molecule has 24 heavy (non-hydrogen) atoms. The third kappa shape index (κ3) is 4.33. The molecule has 0 N–H and O–H groups in total. The first-order valence-electron chi connectivity index (χ1n) is 7.55. The molecular formula is C18H16FNO2S2. The quantitative estimate of drug-likeness (QED) is 0.732. The lowest BCUT2D eigenvalue weighted by Crippen LogP contribution is -2.30. The van der Waals surface area contributed by atoms with Gasteiger partial charge in [-0.15, -0.1) is 0 Å². The van der Waals surface area contributed by atoms with Crippen LogP contribution in [0.4, 0.5) is 4.39 Å². The van der Waals surface area contributed by atoms with Gasteiger partial charge in [-0.05, 0) is 41.8 Å². The molecule has 0 aromatic heterocycles. The van der Waals surface area contributed by atoms with E-state index in [0.29, 0.717) is 23.2 Å². The molecule has 0 spiro atoms. The van der Waals surface area contributed by atoms with Crippen molar-refractivity contribution < 1.29 is 13.9 Å². The molecule has 124 valence electrons. The molecular weight excluding hydrogens is 345 g/mol. The summed E-state index contributed by atoms with van der Waals surface area (Å²) in [5, 5.41) is 0. The van der Waals surface area contributed by atoms with Crippen molar-refractivity contribution in [3.63, 3.8) is 0 Å². The molecule has 1 saturated heterocycles. The minimum atomic E-state index is -0.252. The third-order valence-corrected chi connectivity index (χ3v) is 5.14. The predicted molar refractivity (Wildman–Crippen MR) is 97.6 cm³/mol. The zero-order valence-corrected chi connectivity index (χ0v) is 14.5. The summed E-state index contributed by atoms with van der Waals surface area (Å²) in [4.78, 5) is 13.3. The number of halogens is 1. The second-order valence-electron chi connectivity index (χ2n) is 5.41. The van der Waals surface area contributed by atoms with Gasteiger partial charge in [0.25, 0.3) is 0 Å². The van der Waals surface area contributed by atoms with E-state index in [0.717, 1.165) is 23.3 Å². The number of thiocarbonyl (C=S) groups is 1. The molecule has 1 heterocycles. The summed E-state index contributed by atoms with van der Waals surface area (Å²) in [6.45, 7) is 1.01. The normalized spacial score (nSPS) is 14.3. The van der Waals surface area contributed by atoms with Crippen LogP contribution in [0.1, 0.15) is 11.1 Å². The molecule has 3 nitrogen and oxygen atoms in total. The van der Waals surface area contributed by atoms with Gasteiger partial charge in [-0.1, -0.05) is 48.2 Å². The Morgan fingerprint density at radius 2 is 1.75 bits per heavy atom. The van der Waals surface area contributed by atoms with E-state index in [1.54, 1.807) is 17.0 Å². The number of benzene rings is 2. The number of amides is 1. The summed E-state index contributed by atoms with van der Waals surface area (Å²) in [5.41, 5.74) is 2.04. The van der Waals surface area contributed by atoms with Crippen LogP contribution in [0.15, 0.2) is 48.5 Å². The molecule has 1 aliphatic heterocycles. The van der Waals surface area contributed by atoms with Crippen LogP contribution in [-0.2, 0) is 17.8 Å². The maximum absolute atomic E-state index is 12.9. The highest BCUT2D eigenvalue weighted by atomic mass is 32.2. The van der Waals surface area contributed by atoms with Crippen molar-refractivity contribution >= 4 is 34.2 Å². The fourth-order valence-electron chi connectivity index (χ4n) is 2.34. The highest BCUT2D eigenvalue weighted by Gasteiger charge is 2.25. The Kier molecular flexibility index (Phi) is 5.48. The molecule has 2 aromatic carbocycles. The zero-order chi connectivity index (χ0) is 16.9. The fourth-order valence-corrected chi connectivity index (χ4v) is 3.46. The molecule has 1 fully saturated rings. The number of thioether (sulfide) groups is 1. The van der Waals surface area contributed by atoms with Gasteiger partial charge in [-0.25, -0.2) is 4.39 Å². The lowest BCUT2D eigenvalue weighted by Gasteiger charge is -2.14.